The Labute approximate surface area is 225 Å². The van der Waals surface area contributed by atoms with Gasteiger partial charge in [-0.05, 0) is 97.7 Å². The molecule has 4 aliphatic rings. The molecular formula is C27H46NaO4S. The molecule has 3 unspecified atom stereocenters. The zero-order chi connectivity index (χ0) is 23.3. The van der Waals surface area contributed by atoms with Crippen LogP contribution in [0.2, 0.25) is 0 Å². The second-order valence-electron chi connectivity index (χ2n) is 12.7. The summed E-state index contributed by atoms with van der Waals surface area (Å²) in [6.45, 7) is 12.3. The Morgan fingerprint density at radius 2 is 1.79 bits per heavy atom. The van der Waals surface area contributed by atoms with E-state index in [4.69, 9.17) is 8.74 Å². The molecule has 3 saturated carbocycles. The fourth-order valence-electron chi connectivity index (χ4n) is 8.91. The molecule has 0 aromatic carbocycles. The van der Waals surface area contributed by atoms with Crippen molar-refractivity contribution in [1.29, 1.82) is 0 Å². The third-order valence-electron chi connectivity index (χ3n) is 10.5. The van der Waals surface area contributed by atoms with Crippen molar-refractivity contribution in [2.24, 2.45) is 46.3 Å². The van der Waals surface area contributed by atoms with E-state index >= 15 is 0 Å². The zero-order valence-corrected chi connectivity index (χ0v) is 24.8. The van der Waals surface area contributed by atoms with Crippen molar-refractivity contribution in [2.75, 3.05) is 0 Å². The molecule has 4 nitrogen and oxygen atoms in total. The molecule has 8 atom stereocenters. The quantitative estimate of drug-likeness (QED) is 0.242. The van der Waals surface area contributed by atoms with E-state index in [1.807, 2.05) is 0 Å². The van der Waals surface area contributed by atoms with Gasteiger partial charge in [0.05, 0.1) is 6.10 Å². The van der Waals surface area contributed by atoms with E-state index in [0.717, 1.165) is 42.4 Å². The summed E-state index contributed by atoms with van der Waals surface area (Å²) in [7, 11) is -4.38. The van der Waals surface area contributed by atoms with Gasteiger partial charge >= 0.3 is 10.4 Å². The molecule has 0 aromatic heterocycles. The van der Waals surface area contributed by atoms with Crippen LogP contribution < -0.4 is 0 Å². The molecule has 33 heavy (non-hydrogen) atoms. The van der Waals surface area contributed by atoms with Crippen LogP contribution in [-0.2, 0) is 14.6 Å². The summed E-state index contributed by atoms with van der Waals surface area (Å²) in [6.07, 6.45) is 15.1. The molecule has 0 bridgehead atoms. The van der Waals surface area contributed by atoms with Gasteiger partial charge in [-0.25, -0.2) is 4.18 Å². The smallest absolute Gasteiger partial charge is 0.264 e. The standard InChI is InChI=1S/C27H46O4S.Na/c1-18(2)7-6-8-19(3)23-11-12-24-22-10-9-20-17-21(31-32(28,29)30)13-15-26(20,4)25(22)14-16-27(23,24)5;/h9,18-19,21-25H,6-8,10-17H2,1-5H3,(H,28,29,30);/t19-,21+,22+,23?,24?,25?,26+,27-;/m1./s1. The largest absolute Gasteiger partial charge is 0.397 e. The summed E-state index contributed by atoms with van der Waals surface area (Å²) >= 11 is 0. The Bertz CT molecular complexity index is 824. The molecule has 0 saturated heterocycles. The first-order chi connectivity index (χ1) is 14.9. The second-order valence-corrected chi connectivity index (χ2v) is 13.7. The SMILES string of the molecule is CC(C)CCC[C@@H](C)C1CCC2[C@@H]3CC=C4C[C@@H](OS(=O)(=O)O)CC[C@]4(C)C3CC[C@@]21C.[Na]. The van der Waals surface area contributed by atoms with Crippen LogP contribution >= 0.6 is 0 Å². The van der Waals surface area contributed by atoms with E-state index in [-0.39, 0.29) is 35.0 Å². The van der Waals surface area contributed by atoms with Crippen molar-refractivity contribution in [3.8, 4) is 0 Å². The fraction of sp³-hybridized carbons (Fsp3) is 0.926. The Balaban J connectivity index is 0.00000306. The Morgan fingerprint density at radius 1 is 1.06 bits per heavy atom. The van der Waals surface area contributed by atoms with Crippen molar-refractivity contribution in [2.45, 2.75) is 111 Å². The molecule has 0 heterocycles. The maximum absolute atomic E-state index is 11.2. The molecule has 1 radical (unpaired) electrons. The molecular weight excluding hydrogens is 443 g/mol. The summed E-state index contributed by atoms with van der Waals surface area (Å²) in [6, 6.07) is 0. The van der Waals surface area contributed by atoms with Crippen molar-refractivity contribution >= 4 is 40.0 Å². The maximum Gasteiger partial charge on any atom is 0.397 e. The van der Waals surface area contributed by atoms with Crippen LogP contribution in [-0.4, -0.2) is 48.6 Å². The van der Waals surface area contributed by atoms with Gasteiger partial charge in [-0.2, -0.15) is 8.42 Å². The molecule has 0 aliphatic heterocycles. The Kier molecular flexibility index (Phi) is 9.00. The number of rotatable bonds is 7. The van der Waals surface area contributed by atoms with Gasteiger partial charge in [0.2, 0.25) is 0 Å². The predicted molar refractivity (Wildman–Crippen MR) is 135 cm³/mol. The number of hydrogen-bond donors (Lipinski definition) is 1. The van der Waals surface area contributed by atoms with Gasteiger partial charge in [0, 0.05) is 29.6 Å². The second kappa shape index (κ2) is 10.5. The number of fused-ring (bicyclic) bond motifs is 5. The van der Waals surface area contributed by atoms with Crippen LogP contribution in [0.5, 0.6) is 0 Å². The summed E-state index contributed by atoms with van der Waals surface area (Å²) in [5.41, 5.74) is 2.05. The van der Waals surface area contributed by atoms with Gasteiger partial charge in [-0.1, -0.05) is 65.5 Å². The van der Waals surface area contributed by atoms with Crippen LogP contribution in [0.25, 0.3) is 0 Å². The number of allylic oxidation sites excluding steroid dienone is 1. The summed E-state index contributed by atoms with van der Waals surface area (Å²) in [5.74, 6) is 4.83. The fourth-order valence-corrected chi connectivity index (χ4v) is 9.41. The minimum atomic E-state index is -4.38. The summed E-state index contributed by atoms with van der Waals surface area (Å²) < 4.78 is 36.6. The van der Waals surface area contributed by atoms with Crippen LogP contribution in [0.4, 0.5) is 0 Å². The van der Waals surface area contributed by atoms with Gasteiger partial charge in [0.15, 0.2) is 0 Å². The molecule has 4 rings (SSSR count). The minimum absolute atomic E-state index is 0. The molecule has 0 aromatic rings. The number of hydrogen-bond acceptors (Lipinski definition) is 3. The van der Waals surface area contributed by atoms with Crippen LogP contribution in [0.15, 0.2) is 11.6 Å². The van der Waals surface area contributed by atoms with E-state index in [1.54, 1.807) is 0 Å². The molecule has 0 amide bonds. The molecule has 185 valence electrons. The molecule has 3 fully saturated rings. The molecule has 1 N–H and O–H groups in total. The topological polar surface area (TPSA) is 63.6 Å². The molecule has 6 heteroatoms. The van der Waals surface area contributed by atoms with E-state index < -0.39 is 16.5 Å². The minimum Gasteiger partial charge on any atom is -0.264 e. The van der Waals surface area contributed by atoms with Crippen LogP contribution in [0, 0.1) is 46.3 Å². The van der Waals surface area contributed by atoms with Crippen molar-refractivity contribution in [3.63, 3.8) is 0 Å². The monoisotopic (exact) mass is 489 g/mol. The predicted octanol–water partition coefficient (Wildman–Crippen LogP) is 6.84. The van der Waals surface area contributed by atoms with E-state index in [0.29, 0.717) is 24.2 Å². The Hall–Kier alpha value is 0.610. The normalized spacial score (nSPS) is 41.4. The van der Waals surface area contributed by atoms with E-state index in [1.165, 1.54) is 50.5 Å². The van der Waals surface area contributed by atoms with Crippen molar-refractivity contribution in [1.82, 2.24) is 0 Å². The van der Waals surface area contributed by atoms with Gasteiger partial charge in [0.1, 0.15) is 0 Å². The van der Waals surface area contributed by atoms with Crippen molar-refractivity contribution < 1.29 is 17.2 Å². The first kappa shape index (κ1) is 28.2. The maximum atomic E-state index is 11.2. The zero-order valence-electron chi connectivity index (χ0n) is 22.0. The average Bonchev–Trinajstić information content (AvgIpc) is 3.04. The first-order valence-electron chi connectivity index (χ1n) is 13.3. The summed E-state index contributed by atoms with van der Waals surface area (Å²) in [5, 5.41) is 0. The average molecular weight is 490 g/mol. The molecule has 4 aliphatic carbocycles. The van der Waals surface area contributed by atoms with Crippen LogP contribution in [0.1, 0.15) is 105 Å². The van der Waals surface area contributed by atoms with E-state index in [2.05, 4.69) is 40.7 Å². The van der Waals surface area contributed by atoms with Gasteiger partial charge in [-0.3, -0.25) is 4.55 Å². The molecule has 0 spiro atoms. The van der Waals surface area contributed by atoms with Gasteiger partial charge in [-0.15, -0.1) is 0 Å². The Morgan fingerprint density at radius 3 is 2.45 bits per heavy atom. The van der Waals surface area contributed by atoms with Gasteiger partial charge in [0.25, 0.3) is 0 Å². The third-order valence-corrected chi connectivity index (χ3v) is 11.0. The summed E-state index contributed by atoms with van der Waals surface area (Å²) in [4.78, 5) is 0. The van der Waals surface area contributed by atoms with Crippen molar-refractivity contribution in [3.05, 3.63) is 11.6 Å². The van der Waals surface area contributed by atoms with Crippen LogP contribution in [0.3, 0.4) is 0 Å². The van der Waals surface area contributed by atoms with E-state index in [9.17, 15) is 8.42 Å². The first-order valence-corrected chi connectivity index (χ1v) is 14.7. The third kappa shape index (κ3) is 5.64. The van der Waals surface area contributed by atoms with Gasteiger partial charge < -0.3 is 0 Å².